The maximum Gasteiger partial charge on any atom is 0.234 e. The lowest BCUT2D eigenvalue weighted by atomic mass is 10.2. The molecule has 0 spiro atoms. The van der Waals surface area contributed by atoms with Crippen LogP contribution in [-0.4, -0.2) is 26.8 Å². The van der Waals surface area contributed by atoms with Gasteiger partial charge in [0, 0.05) is 17.1 Å². The first kappa shape index (κ1) is 13.8. The molecular formula is C12H17BrN2O2S. The highest BCUT2D eigenvalue weighted by atomic mass is 79.9. The van der Waals surface area contributed by atoms with Gasteiger partial charge in [-0.3, -0.25) is 4.72 Å². The third-order valence-electron chi connectivity index (χ3n) is 2.77. The fraction of sp³-hybridized carbons (Fsp3) is 0.500. The third kappa shape index (κ3) is 4.26. The van der Waals surface area contributed by atoms with Crippen molar-refractivity contribution in [3.8, 4) is 0 Å². The average Bonchev–Trinajstić information content (AvgIpc) is 3.06. The largest absolute Gasteiger partial charge is 0.313 e. The maximum absolute atomic E-state index is 11.9. The highest BCUT2D eigenvalue weighted by molar-refractivity contribution is 9.10. The minimum absolute atomic E-state index is 0.101. The normalized spacial score (nSPS) is 15.7. The van der Waals surface area contributed by atoms with Crippen LogP contribution in [0.15, 0.2) is 22.7 Å². The van der Waals surface area contributed by atoms with E-state index in [2.05, 4.69) is 26.0 Å². The van der Waals surface area contributed by atoms with Crippen LogP contribution in [0.3, 0.4) is 0 Å². The summed E-state index contributed by atoms with van der Waals surface area (Å²) in [5.41, 5.74) is 1.67. The van der Waals surface area contributed by atoms with Gasteiger partial charge in [-0.1, -0.05) is 6.07 Å². The van der Waals surface area contributed by atoms with Gasteiger partial charge in [-0.2, -0.15) is 0 Å². The molecule has 4 nitrogen and oxygen atoms in total. The molecule has 2 N–H and O–H groups in total. The van der Waals surface area contributed by atoms with Crippen molar-refractivity contribution in [3.63, 3.8) is 0 Å². The van der Waals surface area contributed by atoms with Crippen LogP contribution in [0.5, 0.6) is 0 Å². The van der Waals surface area contributed by atoms with Crippen molar-refractivity contribution < 1.29 is 8.42 Å². The number of anilines is 1. The third-order valence-corrected chi connectivity index (χ3v) is 4.70. The molecular weight excluding hydrogens is 316 g/mol. The van der Waals surface area contributed by atoms with E-state index in [1.54, 1.807) is 6.07 Å². The SMILES string of the molecule is Cc1ccc(NS(=O)(=O)CCNC2CC2)c(Br)c1. The van der Waals surface area contributed by atoms with Crippen molar-refractivity contribution in [2.45, 2.75) is 25.8 Å². The smallest absolute Gasteiger partial charge is 0.234 e. The summed E-state index contributed by atoms with van der Waals surface area (Å²) in [6, 6.07) is 6.07. The zero-order valence-electron chi connectivity index (χ0n) is 10.2. The summed E-state index contributed by atoms with van der Waals surface area (Å²) < 4.78 is 27.1. The summed E-state index contributed by atoms with van der Waals surface area (Å²) in [6.45, 7) is 2.46. The molecule has 0 heterocycles. The number of sulfonamides is 1. The first-order valence-corrected chi connectivity index (χ1v) is 8.41. The molecule has 1 aliphatic carbocycles. The molecule has 0 bridgehead atoms. The van der Waals surface area contributed by atoms with E-state index in [4.69, 9.17) is 0 Å². The summed E-state index contributed by atoms with van der Waals surface area (Å²) in [5.74, 6) is 0.101. The van der Waals surface area contributed by atoms with E-state index >= 15 is 0 Å². The summed E-state index contributed by atoms with van der Waals surface area (Å²) in [6.07, 6.45) is 2.33. The van der Waals surface area contributed by atoms with Crippen LogP contribution in [0.25, 0.3) is 0 Å². The number of hydrogen-bond acceptors (Lipinski definition) is 3. The first-order valence-electron chi connectivity index (χ1n) is 5.96. The molecule has 0 atom stereocenters. The maximum atomic E-state index is 11.9. The Bertz CT molecular complexity index is 527. The van der Waals surface area contributed by atoms with Crippen molar-refractivity contribution in [2.75, 3.05) is 17.0 Å². The fourth-order valence-electron chi connectivity index (χ4n) is 1.61. The Morgan fingerprint density at radius 1 is 1.39 bits per heavy atom. The Balaban J connectivity index is 1.93. The van der Waals surface area contributed by atoms with Crippen LogP contribution in [0.4, 0.5) is 5.69 Å². The lowest BCUT2D eigenvalue weighted by molar-refractivity contribution is 0.595. The molecule has 1 fully saturated rings. The first-order chi connectivity index (χ1) is 8.46. The molecule has 0 aliphatic heterocycles. The van der Waals surface area contributed by atoms with E-state index in [0.717, 1.165) is 22.9 Å². The summed E-state index contributed by atoms with van der Waals surface area (Å²) in [7, 11) is -3.28. The second-order valence-corrected chi connectivity index (χ2v) is 7.33. The van der Waals surface area contributed by atoms with Gasteiger partial charge in [-0.25, -0.2) is 8.42 Å². The molecule has 0 amide bonds. The van der Waals surface area contributed by atoms with Gasteiger partial charge in [-0.15, -0.1) is 0 Å². The van der Waals surface area contributed by atoms with Crippen LogP contribution in [0.1, 0.15) is 18.4 Å². The van der Waals surface area contributed by atoms with E-state index in [0.29, 0.717) is 18.3 Å². The fourth-order valence-corrected chi connectivity index (χ4v) is 3.33. The van der Waals surface area contributed by atoms with E-state index in [1.807, 2.05) is 19.1 Å². The van der Waals surface area contributed by atoms with Gasteiger partial charge in [0.1, 0.15) is 0 Å². The van der Waals surface area contributed by atoms with Gasteiger partial charge in [0.15, 0.2) is 0 Å². The van der Waals surface area contributed by atoms with Crippen LogP contribution < -0.4 is 10.0 Å². The highest BCUT2D eigenvalue weighted by Crippen LogP contribution is 2.24. The van der Waals surface area contributed by atoms with Crippen LogP contribution in [-0.2, 0) is 10.0 Å². The number of benzene rings is 1. The average molecular weight is 333 g/mol. The van der Waals surface area contributed by atoms with Gasteiger partial charge in [0.25, 0.3) is 0 Å². The number of halogens is 1. The Hall–Kier alpha value is -0.590. The van der Waals surface area contributed by atoms with Crippen LogP contribution in [0.2, 0.25) is 0 Å². The molecule has 1 aromatic rings. The summed E-state index contributed by atoms with van der Waals surface area (Å²) >= 11 is 3.36. The van der Waals surface area contributed by atoms with Crippen LogP contribution in [0, 0.1) is 6.92 Å². The molecule has 1 aliphatic rings. The van der Waals surface area contributed by atoms with Gasteiger partial charge in [-0.05, 0) is 53.4 Å². The number of hydrogen-bond donors (Lipinski definition) is 2. The predicted molar refractivity (Wildman–Crippen MR) is 77.3 cm³/mol. The highest BCUT2D eigenvalue weighted by Gasteiger charge is 2.21. The zero-order chi connectivity index (χ0) is 13.2. The van der Waals surface area contributed by atoms with E-state index < -0.39 is 10.0 Å². The molecule has 0 saturated heterocycles. The molecule has 0 radical (unpaired) electrons. The van der Waals surface area contributed by atoms with Gasteiger partial charge < -0.3 is 5.32 Å². The number of aryl methyl sites for hydroxylation is 1. The minimum atomic E-state index is -3.28. The minimum Gasteiger partial charge on any atom is -0.313 e. The van der Waals surface area contributed by atoms with Crippen molar-refractivity contribution in [2.24, 2.45) is 0 Å². The molecule has 6 heteroatoms. The van der Waals surface area contributed by atoms with Gasteiger partial charge in [0.05, 0.1) is 11.4 Å². The monoisotopic (exact) mass is 332 g/mol. The molecule has 1 aromatic carbocycles. The summed E-state index contributed by atoms with van der Waals surface area (Å²) in [4.78, 5) is 0. The van der Waals surface area contributed by atoms with Crippen molar-refractivity contribution in [1.29, 1.82) is 0 Å². The molecule has 0 unspecified atom stereocenters. The molecule has 100 valence electrons. The lowest BCUT2D eigenvalue weighted by Crippen LogP contribution is -2.28. The van der Waals surface area contributed by atoms with E-state index in [9.17, 15) is 8.42 Å². The lowest BCUT2D eigenvalue weighted by Gasteiger charge is -2.10. The standard InChI is InChI=1S/C12H17BrN2O2S/c1-9-2-5-12(11(13)8-9)15-18(16,17)7-6-14-10-3-4-10/h2,5,8,10,14-15H,3-4,6-7H2,1H3. The Labute approximate surface area is 116 Å². The topological polar surface area (TPSA) is 58.2 Å². The predicted octanol–water partition coefficient (Wildman–Crippen LogP) is 2.25. The number of nitrogens with one attached hydrogen (secondary N) is 2. The Morgan fingerprint density at radius 2 is 2.11 bits per heavy atom. The van der Waals surface area contributed by atoms with E-state index in [1.165, 1.54) is 0 Å². The van der Waals surface area contributed by atoms with Crippen LogP contribution >= 0.6 is 15.9 Å². The molecule has 18 heavy (non-hydrogen) atoms. The Morgan fingerprint density at radius 3 is 2.72 bits per heavy atom. The van der Waals surface area contributed by atoms with Crippen molar-refractivity contribution in [3.05, 3.63) is 28.2 Å². The molecule has 0 aromatic heterocycles. The summed E-state index contributed by atoms with van der Waals surface area (Å²) in [5, 5.41) is 3.19. The van der Waals surface area contributed by atoms with Gasteiger partial charge >= 0.3 is 0 Å². The van der Waals surface area contributed by atoms with E-state index in [-0.39, 0.29) is 5.75 Å². The second kappa shape index (κ2) is 5.59. The molecule has 1 saturated carbocycles. The molecule has 2 rings (SSSR count). The number of rotatable bonds is 6. The van der Waals surface area contributed by atoms with Crippen molar-refractivity contribution in [1.82, 2.24) is 5.32 Å². The quantitative estimate of drug-likeness (QED) is 0.840. The zero-order valence-corrected chi connectivity index (χ0v) is 12.6. The van der Waals surface area contributed by atoms with Gasteiger partial charge in [0.2, 0.25) is 10.0 Å². The Kier molecular flexibility index (Phi) is 4.29. The second-order valence-electron chi connectivity index (χ2n) is 4.63. The van der Waals surface area contributed by atoms with Crippen molar-refractivity contribution >= 4 is 31.6 Å².